The molecule has 0 bridgehead atoms. The number of ether oxygens (including phenoxy) is 1. The highest BCUT2D eigenvalue weighted by atomic mass is 35.5. The van der Waals surface area contributed by atoms with Crippen LogP contribution in [-0.4, -0.2) is 25.1 Å². The van der Waals surface area contributed by atoms with Gasteiger partial charge >= 0.3 is 0 Å². The number of nitrogens with one attached hydrogen (secondary N) is 1. The third-order valence-electron chi connectivity index (χ3n) is 1.82. The largest absolute Gasteiger partial charge is 0.547 e. The number of carboxylic acid groups (broad SMARTS) is 1. The van der Waals surface area contributed by atoms with Crippen molar-refractivity contribution in [3.05, 3.63) is 28.2 Å². The third-order valence-corrected chi connectivity index (χ3v) is 2.25. The average molecular weight is 277 g/mol. The molecule has 0 saturated heterocycles. The lowest BCUT2D eigenvalue weighted by Crippen LogP contribution is -2.45. The summed E-state index contributed by atoms with van der Waals surface area (Å²) in [4.78, 5) is 22.0. The Bertz CT molecular complexity index is 430. The first kappa shape index (κ1) is 13.8. The standard InChI is InChI=1S/C10H9Cl2NO4/c1-17-8(10(15)16)9(14)13-7-3-5(11)2-6(12)4-7/h2-4,8H,1H3,(H,13,14)(H,15,16)/p-1/t8-/m0/s1. The van der Waals surface area contributed by atoms with Gasteiger partial charge < -0.3 is 20.0 Å². The van der Waals surface area contributed by atoms with E-state index in [4.69, 9.17) is 23.2 Å². The van der Waals surface area contributed by atoms with Crippen LogP contribution in [0.5, 0.6) is 0 Å². The summed E-state index contributed by atoms with van der Waals surface area (Å²) in [5.74, 6) is -2.50. The van der Waals surface area contributed by atoms with Crippen LogP contribution in [0, 0.1) is 0 Å². The van der Waals surface area contributed by atoms with E-state index >= 15 is 0 Å². The van der Waals surface area contributed by atoms with Gasteiger partial charge in [0.1, 0.15) is 0 Å². The van der Waals surface area contributed by atoms with Crippen LogP contribution in [0.3, 0.4) is 0 Å². The number of anilines is 1. The molecule has 1 atom stereocenters. The number of carbonyl (C=O) groups excluding carboxylic acids is 2. The van der Waals surface area contributed by atoms with Gasteiger partial charge in [0, 0.05) is 22.8 Å². The summed E-state index contributed by atoms with van der Waals surface area (Å²) < 4.78 is 4.47. The quantitative estimate of drug-likeness (QED) is 0.821. The predicted molar refractivity (Wildman–Crippen MR) is 60.9 cm³/mol. The summed E-state index contributed by atoms with van der Waals surface area (Å²) in [5, 5.41) is 13.5. The first-order chi connectivity index (χ1) is 7.93. The summed E-state index contributed by atoms with van der Waals surface area (Å²) in [6.45, 7) is 0. The summed E-state index contributed by atoms with van der Waals surface area (Å²) in [7, 11) is 1.09. The van der Waals surface area contributed by atoms with Crippen LogP contribution in [0.2, 0.25) is 10.0 Å². The number of carbonyl (C=O) groups is 2. The van der Waals surface area contributed by atoms with E-state index in [9.17, 15) is 14.7 Å². The monoisotopic (exact) mass is 276 g/mol. The van der Waals surface area contributed by atoms with Crippen LogP contribution in [0.1, 0.15) is 0 Å². The summed E-state index contributed by atoms with van der Waals surface area (Å²) in [6.07, 6.45) is -1.69. The van der Waals surface area contributed by atoms with Crippen molar-refractivity contribution in [2.24, 2.45) is 0 Å². The minimum absolute atomic E-state index is 0.274. The van der Waals surface area contributed by atoms with Gasteiger partial charge in [-0.05, 0) is 18.2 Å². The summed E-state index contributed by atoms with van der Waals surface area (Å²) >= 11 is 11.4. The zero-order valence-corrected chi connectivity index (χ0v) is 10.2. The Morgan fingerprint density at radius 1 is 1.29 bits per heavy atom. The van der Waals surface area contributed by atoms with Crippen LogP contribution in [-0.2, 0) is 14.3 Å². The van der Waals surface area contributed by atoms with E-state index < -0.39 is 18.0 Å². The second kappa shape index (κ2) is 5.86. The van der Waals surface area contributed by atoms with Gasteiger partial charge in [-0.25, -0.2) is 0 Å². The van der Waals surface area contributed by atoms with Crippen molar-refractivity contribution < 1.29 is 19.4 Å². The van der Waals surface area contributed by atoms with Crippen molar-refractivity contribution in [3.63, 3.8) is 0 Å². The van der Waals surface area contributed by atoms with Gasteiger partial charge in [-0.1, -0.05) is 23.2 Å². The molecule has 7 heteroatoms. The van der Waals surface area contributed by atoms with Crippen molar-refractivity contribution in [3.8, 4) is 0 Å². The molecule has 0 aliphatic rings. The maximum Gasteiger partial charge on any atom is 0.259 e. The first-order valence-electron chi connectivity index (χ1n) is 4.44. The molecule has 0 aromatic heterocycles. The van der Waals surface area contributed by atoms with Crippen molar-refractivity contribution in [1.82, 2.24) is 0 Å². The molecule has 1 amide bonds. The van der Waals surface area contributed by atoms with Crippen molar-refractivity contribution in [2.45, 2.75) is 6.10 Å². The Kier molecular flexibility index (Phi) is 4.74. The van der Waals surface area contributed by atoms with E-state index in [1.807, 2.05) is 0 Å². The predicted octanol–water partition coefficient (Wildman–Crippen LogP) is 0.697. The number of methoxy groups -OCH3 is 1. The lowest BCUT2D eigenvalue weighted by Gasteiger charge is -2.16. The smallest absolute Gasteiger partial charge is 0.259 e. The number of carboxylic acids is 1. The number of benzene rings is 1. The van der Waals surface area contributed by atoms with E-state index in [0.717, 1.165) is 7.11 Å². The van der Waals surface area contributed by atoms with Crippen LogP contribution in [0.25, 0.3) is 0 Å². The molecule has 0 aliphatic carbocycles. The topological polar surface area (TPSA) is 78.5 Å². The SMILES string of the molecule is CO[C@H](C(=O)[O-])C(=O)Nc1cc(Cl)cc(Cl)c1. The molecule has 0 saturated carbocycles. The van der Waals surface area contributed by atoms with Crippen LogP contribution < -0.4 is 10.4 Å². The normalized spacial score (nSPS) is 11.9. The van der Waals surface area contributed by atoms with Gasteiger partial charge in [-0.3, -0.25) is 4.79 Å². The molecular formula is C10H8Cl2NO4-. The molecule has 0 unspecified atom stereocenters. The van der Waals surface area contributed by atoms with Crippen LogP contribution >= 0.6 is 23.2 Å². The Hall–Kier alpha value is -1.30. The summed E-state index contributed by atoms with van der Waals surface area (Å²) in [5.41, 5.74) is 0.274. The maximum atomic E-state index is 11.5. The fraction of sp³-hybridized carbons (Fsp3) is 0.200. The van der Waals surface area contributed by atoms with E-state index in [2.05, 4.69) is 10.1 Å². The number of rotatable bonds is 4. The minimum atomic E-state index is -1.69. The highest BCUT2D eigenvalue weighted by molar-refractivity contribution is 6.35. The van der Waals surface area contributed by atoms with Crippen molar-refractivity contribution in [2.75, 3.05) is 12.4 Å². The third kappa shape index (κ3) is 3.89. The molecule has 1 rings (SSSR count). The van der Waals surface area contributed by atoms with Gasteiger partial charge in [-0.2, -0.15) is 0 Å². The number of amides is 1. The molecule has 0 fully saturated rings. The maximum absolute atomic E-state index is 11.5. The van der Waals surface area contributed by atoms with E-state index in [1.165, 1.54) is 18.2 Å². The Morgan fingerprint density at radius 3 is 2.24 bits per heavy atom. The molecule has 17 heavy (non-hydrogen) atoms. The second-order valence-corrected chi connectivity index (χ2v) is 3.96. The van der Waals surface area contributed by atoms with Gasteiger partial charge in [0.25, 0.3) is 5.91 Å². The number of hydrogen-bond donors (Lipinski definition) is 1. The Morgan fingerprint density at radius 2 is 1.82 bits per heavy atom. The van der Waals surface area contributed by atoms with E-state index in [0.29, 0.717) is 10.0 Å². The lowest BCUT2D eigenvalue weighted by atomic mass is 10.3. The molecule has 1 aromatic rings. The fourth-order valence-electron chi connectivity index (χ4n) is 1.14. The van der Waals surface area contributed by atoms with Crippen molar-refractivity contribution in [1.29, 1.82) is 0 Å². The molecule has 1 N–H and O–H groups in total. The minimum Gasteiger partial charge on any atom is -0.547 e. The van der Waals surface area contributed by atoms with Gasteiger partial charge in [-0.15, -0.1) is 0 Å². The number of aliphatic carboxylic acids is 1. The lowest BCUT2D eigenvalue weighted by molar-refractivity contribution is -0.313. The summed E-state index contributed by atoms with van der Waals surface area (Å²) in [6, 6.07) is 4.33. The highest BCUT2D eigenvalue weighted by Crippen LogP contribution is 2.22. The second-order valence-electron chi connectivity index (χ2n) is 3.08. The molecule has 0 aliphatic heterocycles. The van der Waals surface area contributed by atoms with Crippen LogP contribution in [0.4, 0.5) is 5.69 Å². The van der Waals surface area contributed by atoms with Gasteiger partial charge in [0.05, 0.1) is 5.97 Å². The van der Waals surface area contributed by atoms with Crippen molar-refractivity contribution >= 4 is 40.8 Å². The molecule has 5 nitrogen and oxygen atoms in total. The number of halogens is 2. The molecular weight excluding hydrogens is 269 g/mol. The molecule has 1 aromatic carbocycles. The molecule has 0 spiro atoms. The average Bonchev–Trinajstić information content (AvgIpc) is 2.15. The van der Waals surface area contributed by atoms with Gasteiger partial charge in [0.2, 0.25) is 0 Å². The fourth-order valence-corrected chi connectivity index (χ4v) is 1.67. The number of hydrogen-bond acceptors (Lipinski definition) is 4. The zero-order chi connectivity index (χ0) is 13.0. The Balaban J connectivity index is 2.83. The van der Waals surface area contributed by atoms with E-state index in [-0.39, 0.29) is 5.69 Å². The zero-order valence-electron chi connectivity index (χ0n) is 8.70. The molecule has 92 valence electrons. The highest BCUT2D eigenvalue weighted by Gasteiger charge is 2.19. The van der Waals surface area contributed by atoms with E-state index in [1.54, 1.807) is 0 Å². The van der Waals surface area contributed by atoms with Gasteiger partial charge in [0.15, 0.2) is 6.10 Å². The first-order valence-corrected chi connectivity index (χ1v) is 5.20. The molecule has 0 radical (unpaired) electrons. The molecule has 0 heterocycles. The van der Waals surface area contributed by atoms with Crippen LogP contribution in [0.15, 0.2) is 18.2 Å². The Labute approximate surface area is 107 Å².